The predicted molar refractivity (Wildman–Crippen MR) is 137 cm³/mol. The van der Waals surface area contributed by atoms with Crippen LogP contribution >= 0.6 is 0 Å². The molecule has 37 heavy (non-hydrogen) atoms. The average molecular weight is 506 g/mol. The molecule has 0 unspecified atom stereocenters. The highest BCUT2D eigenvalue weighted by Gasteiger charge is 2.37. The quantitative estimate of drug-likeness (QED) is 0.479. The van der Waals surface area contributed by atoms with Crippen LogP contribution in [0.2, 0.25) is 0 Å². The molecule has 0 saturated carbocycles. The van der Waals surface area contributed by atoms with Gasteiger partial charge in [-0.3, -0.25) is 14.5 Å². The Morgan fingerprint density at radius 1 is 1.08 bits per heavy atom. The molecule has 0 radical (unpaired) electrons. The van der Waals surface area contributed by atoms with Crippen LogP contribution in [-0.2, 0) is 21.4 Å². The number of nitrogens with zero attached hydrogens (tertiary/aromatic N) is 3. The molecule has 0 spiro atoms. The van der Waals surface area contributed by atoms with E-state index in [0.29, 0.717) is 34.8 Å². The zero-order valence-electron chi connectivity index (χ0n) is 21.2. The summed E-state index contributed by atoms with van der Waals surface area (Å²) in [5.74, 6) is 1.21. The number of likely N-dealkylation sites (tertiary alicyclic amines) is 1. The smallest absolute Gasteiger partial charge is 0.274 e. The van der Waals surface area contributed by atoms with E-state index in [-0.39, 0.29) is 29.8 Å². The normalized spacial score (nSPS) is 16.5. The second-order valence-corrected chi connectivity index (χ2v) is 10.5. The summed E-state index contributed by atoms with van der Waals surface area (Å²) in [6.07, 6.45) is 1.88. The lowest BCUT2D eigenvalue weighted by atomic mass is 9.93. The first-order valence-corrected chi connectivity index (χ1v) is 12.3. The highest BCUT2D eigenvalue weighted by atomic mass is 16.5. The van der Waals surface area contributed by atoms with Crippen molar-refractivity contribution in [2.45, 2.75) is 44.8 Å². The van der Waals surface area contributed by atoms with Gasteiger partial charge in [-0.15, -0.1) is 0 Å². The van der Waals surface area contributed by atoms with Crippen LogP contribution < -0.4 is 15.4 Å². The van der Waals surface area contributed by atoms with Gasteiger partial charge in [0.05, 0.1) is 31.9 Å². The number of hydrogen-bond donors (Lipinski definition) is 2. The molecule has 2 N–H and O–H groups in total. The van der Waals surface area contributed by atoms with E-state index in [4.69, 9.17) is 14.0 Å². The standard InChI is InChI=1S/C27H31N5O5/c1-27(2,3)23-11-24(31-37-23)30-25(33)10-17-4-6-18(7-5-17)29-26(34)22-9-8-20(12-28-22)36-21-13-32(14-21)19-15-35-16-19/h4-9,11-12,19,21H,10,13-16H2,1-3H3,(H,29,34)(H,30,31,33). The van der Waals surface area contributed by atoms with Gasteiger partial charge in [-0.2, -0.15) is 0 Å². The minimum absolute atomic E-state index is 0.139. The topological polar surface area (TPSA) is 119 Å². The maximum absolute atomic E-state index is 12.6. The van der Waals surface area contributed by atoms with Crippen LogP contribution in [0, 0.1) is 0 Å². The predicted octanol–water partition coefficient (Wildman–Crippen LogP) is 3.26. The van der Waals surface area contributed by atoms with Crippen LogP contribution in [0.15, 0.2) is 53.2 Å². The van der Waals surface area contributed by atoms with E-state index in [1.54, 1.807) is 48.7 Å². The molecule has 4 heterocycles. The fourth-order valence-corrected chi connectivity index (χ4v) is 4.01. The number of hydrogen-bond acceptors (Lipinski definition) is 8. The summed E-state index contributed by atoms with van der Waals surface area (Å²) in [5, 5.41) is 9.48. The summed E-state index contributed by atoms with van der Waals surface area (Å²) in [5.41, 5.74) is 1.51. The zero-order valence-corrected chi connectivity index (χ0v) is 21.2. The van der Waals surface area contributed by atoms with E-state index in [2.05, 4.69) is 25.7 Å². The number of nitrogens with one attached hydrogen (secondary N) is 2. The maximum atomic E-state index is 12.6. The minimum Gasteiger partial charge on any atom is -0.486 e. The van der Waals surface area contributed by atoms with Gasteiger partial charge in [0, 0.05) is 30.3 Å². The molecule has 1 aromatic carbocycles. The fraction of sp³-hybridized carbons (Fsp3) is 0.407. The summed E-state index contributed by atoms with van der Waals surface area (Å²) in [7, 11) is 0. The molecular formula is C27H31N5O5. The summed E-state index contributed by atoms with van der Waals surface area (Å²) in [4.78, 5) is 31.6. The lowest BCUT2D eigenvalue weighted by molar-refractivity contribution is -0.115. The maximum Gasteiger partial charge on any atom is 0.274 e. The van der Waals surface area contributed by atoms with E-state index >= 15 is 0 Å². The van der Waals surface area contributed by atoms with Crippen molar-refractivity contribution in [3.63, 3.8) is 0 Å². The lowest BCUT2D eigenvalue weighted by Gasteiger charge is -2.46. The van der Waals surface area contributed by atoms with Gasteiger partial charge < -0.3 is 24.6 Å². The molecule has 2 fully saturated rings. The van der Waals surface area contributed by atoms with Crippen molar-refractivity contribution in [2.24, 2.45) is 0 Å². The molecule has 2 aliphatic heterocycles. The first-order chi connectivity index (χ1) is 17.7. The van der Waals surface area contributed by atoms with Gasteiger partial charge in [-0.25, -0.2) is 4.98 Å². The van der Waals surface area contributed by atoms with Crippen LogP contribution in [-0.4, -0.2) is 65.3 Å². The van der Waals surface area contributed by atoms with Gasteiger partial charge in [-0.1, -0.05) is 38.1 Å². The third kappa shape index (κ3) is 6.15. The number of pyridine rings is 1. The number of carbonyl (C=O) groups excluding carboxylic acids is 2. The van der Waals surface area contributed by atoms with Crippen LogP contribution in [0.3, 0.4) is 0 Å². The van der Waals surface area contributed by atoms with Crippen molar-refractivity contribution in [1.29, 1.82) is 0 Å². The summed E-state index contributed by atoms with van der Waals surface area (Å²) < 4.78 is 16.4. The first kappa shape index (κ1) is 24.9. The Morgan fingerprint density at radius 2 is 1.84 bits per heavy atom. The Bertz CT molecular complexity index is 1240. The number of benzene rings is 1. The third-order valence-corrected chi connectivity index (χ3v) is 6.38. The Labute approximate surface area is 215 Å². The molecule has 2 saturated heterocycles. The van der Waals surface area contributed by atoms with Gasteiger partial charge in [0.15, 0.2) is 5.82 Å². The molecule has 5 rings (SSSR count). The second-order valence-electron chi connectivity index (χ2n) is 10.5. The Morgan fingerprint density at radius 3 is 2.43 bits per heavy atom. The molecule has 0 atom stereocenters. The van der Waals surface area contributed by atoms with Gasteiger partial charge in [-0.05, 0) is 29.8 Å². The molecule has 2 amide bonds. The Hall–Kier alpha value is -3.76. The van der Waals surface area contributed by atoms with E-state index in [1.165, 1.54) is 0 Å². The van der Waals surface area contributed by atoms with Crippen molar-refractivity contribution < 1.29 is 23.6 Å². The Balaban J connectivity index is 1.07. The minimum atomic E-state index is -0.322. The van der Waals surface area contributed by atoms with Crippen LogP contribution in [0.1, 0.15) is 42.6 Å². The van der Waals surface area contributed by atoms with Crippen LogP contribution in [0.25, 0.3) is 0 Å². The first-order valence-electron chi connectivity index (χ1n) is 12.3. The molecular weight excluding hydrogens is 474 g/mol. The van der Waals surface area contributed by atoms with Gasteiger partial charge in [0.1, 0.15) is 23.3 Å². The van der Waals surface area contributed by atoms with E-state index in [0.717, 1.165) is 31.9 Å². The number of aromatic nitrogens is 2. The lowest BCUT2D eigenvalue weighted by Crippen LogP contribution is -2.62. The summed E-state index contributed by atoms with van der Waals surface area (Å²) in [6, 6.07) is 12.8. The monoisotopic (exact) mass is 505 g/mol. The molecule has 3 aromatic rings. The van der Waals surface area contributed by atoms with E-state index in [1.807, 2.05) is 20.8 Å². The van der Waals surface area contributed by atoms with Gasteiger partial charge in [0.25, 0.3) is 5.91 Å². The number of anilines is 2. The van der Waals surface area contributed by atoms with Crippen molar-refractivity contribution in [1.82, 2.24) is 15.0 Å². The Kier molecular flexibility index (Phi) is 6.94. The van der Waals surface area contributed by atoms with Crippen molar-refractivity contribution >= 4 is 23.3 Å². The summed E-state index contributed by atoms with van der Waals surface area (Å²) >= 11 is 0. The average Bonchev–Trinajstić information content (AvgIpc) is 3.27. The molecule has 0 aliphatic carbocycles. The molecule has 2 aromatic heterocycles. The fourth-order valence-electron chi connectivity index (χ4n) is 4.01. The number of ether oxygens (including phenoxy) is 2. The van der Waals surface area contributed by atoms with Crippen LogP contribution in [0.4, 0.5) is 11.5 Å². The molecule has 194 valence electrons. The molecule has 2 aliphatic rings. The number of carbonyl (C=O) groups is 2. The zero-order chi connectivity index (χ0) is 26.0. The molecule has 0 bridgehead atoms. The number of amides is 2. The SMILES string of the molecule is CC(C)(C)c1cc(NC(=O)Cc2ccc(NC(=O)c3ccc(OC4CN(C5COC5)C4)cn3)cc2)no1. The second kappa shape index (κ2) is 10.3. The van der Waals surface area contributed by atoms with Crippen molar-refractivity contribution in [3.05, 3.63) is 65.7 Å². The van der Waals surface area contributed by atoms with E-state index < -0.39 is 0 Å². The summed E-state index contributed by atoms with van der Waals surface area (Å²) in [6.45, 7) is 9.40. The van der Waals surface area contributed by atoms with Crippen molar-refractivity contribution in [2.75, 3.05) is 36.9 Å². The van der Waals surface area contributed by atoms with Gasteiger partial charge in [0.2, 0.25) is 5.91 Å². The molecule has 10 nitrogen and oxygen atoms in total. The van der Waals surface area contributed by atoms with Crippen molar-refractivity contribution in [3.8, 4) is 5.75 Å². The largest absolute Gasteiger partial charge is 0.486 e. The van der Waals surface area contributed by atoms with Crippen LogP contribution in [0.5, 0.6) is 5.75 Å². The molecule has 10 heteroatoms. The van der Waals surface area contributed by atoms with E-state index in [9.17, 15) is 9.59 Å². The van der Waals surface area contributed by atoms with Gasteiger partial charge >= 0.3 is 0 Å². The number of rotatable bonds is 8. The third-order valence-electron chi connectivity index (χ3n) is 6.38. The highest BCUT2D eigenvalue weighted by molar-refractivity contribution is 6.02. The highest BCUT2D eigenvalue weighted by Crippen LogP contribution is 2.25.